The van der Waals surface area contributed by atoms with Gasteiger partial charge in [0.1, 0.15) is 12.1 Å². The van der Waals surface area contributed by atoms with Crippen LogP contribution in [0.4, 0.5) is 11.4 Å². The maximum Gasteiger partial charge on any atom is 0.342 e. The number of aromatic nitrogens is 2. The number of rotatable bonds is 4. The van der Waals surface area contributed by atoms with E-state index in [2.05, 4.69) is 15.5 Å². The fourth-order valence-corrected chi connectivity index (χ4v) is 3.19. The van der Waals surface area contributed by atoms with Crippen molar-refractivity contribution in [3.63, 3.8) is 0 Å². The molecule has 0 saturated heterocycles. The van der Waals surface area contributed by atoms with Gasteiger partial charge in [-0.3, -0.25) is 19.6 Å². The molecule has 4 rings (SSSR count). The number of H-pyrrole nitrogens is 1. The van der Waals surface area contributed by atoms with E-state index in [9.17, 15) is 14.4 Å². The van der Waals surface area contributed by atoms with Crippen molar-refractivity contribution in [2.45, 2.75) is 13.0 Å². The van der Waals surface area contributed by atoms with Gasteiger partial charge in [-0.25, -0.2) is 4.79 Å². The minimum absolute atomic E-state index is 0.140. The maximum atomic E-state index is 12.9. The molecule has 3 aromatic rings. The number of benzene rings is 2. The van der Waals surface area contributed by atoms with Crippen molar-refractivity contribution >= 4 is 29.2 Å². The second-order valence-electron chi connectivity index (χ2n) is 6.56. The Morgan fingerprint density at radius 1 is 1.10 bits per heavy atom. The normalized spacial score (nSPS) is 14.0. The molecule has 0 unspecified atom stereocenters. The molecule has 146 valence electrons. The third-order valence-electron chi connectivity index (χ3n) is 4.59. The van der Waals surface area contributed by atoms with Crippen LogP contribution >= 0.6 is 0 Å². The minimum Gasteiger partial charge on any atom is -0.449 e. The molecule has 0 fully saturated rings. The molecule has 1 aliphatic rings. The molecule has 0 spiro atoms. The average molecular weight is 390 g/mol. The first kappa shape index (κ1) is 18.4. The molecule has 0 aliphatic carbocycles. The number of nitrogens with zero attached hydrogens (tertiary/aromatic N) is 2. The predicted octanol–water partition coefficient (Wildman–Crippen LogP) is 2.61. The summed E-state index contributed by atoms with van der Waals surface area (Å²) in [5.41, 5.74) is 2.62. The molecule has 1 aromatic heterocycles. The molecule has 2 aromatic carbocycles. The highest BCUT2D eigenvalue weighted by molar-refractivity contribution is 6.11. The SMILES string of the molecule is C[C@H](OC(=O)c1cn[nH]c1-c1ccccc1)C(=O)N1CC(=O)Nc2ccccc21. The molecule has 0 saturated carbocycles. The van der Waals surface area contributed by atoms with E-state index in [1.165, 1.54) is 18.0 Å². The molecule has 2 heterocycles. The molecule has 1 aliphatic heterocycles. The third-order valence-corrected chi connectivity index (χ3v) is 4.59. The van der Waals surface area contributed by atoms with Crippen molar-refractivity contribution in [2.75, 3.05) is 16.8 Å². The van der Waals surface area contributed by atoms with Gasteiger partial charge in [0.15, 0.2) is 6.10 Å². The van der Waals surface area contributed by atoms with Crippen LogP contribution in [0.5, 0.6) is 0 Å². The third kappa shape index (κ3) is 3.60. The summed E-state index contributed by atoms with van der Waals surface area (Å²) in [5, 5.41) is 9.44. The van der Waals surface area contributed by atoms with Crippen LogP contribution in [0, 0.1) is 0 Å². The zero-order chi connectivity index (χ0) is 20.4. The molecular weight excluding hydrogens is 372 g/mol. The Labute approximate surface area is 166 Å². The zero-order valence-electron chi connectivity index (χ0n) is 15.6. The van der Waals surface area contributed by atoms with E-state index in [1.54, 1.807) is 24.3 Å². The summed E-state index contributed by atoms with van der Waals surface area (Å²) in [4.78, 5) is 38.9. The van der Waals surface area contributed by atoms with Crippen LogP contribution < -0.4 is 10.2 Å². The Hall–Kier alpha value is -3.94. The number of hydrogen-bond acceptors (Lipinski definition) is 5. The molecule has 8 nitrogen and oxygen atoms in total. The van der Waals surface area contributed by atoms with Crippen molar-refractivity contribution in [2.24, 2.45) is 0 Å². The van der Waals surface area contributed by atoms with Gasteiger partial charge in [0.2, 0.25) is 5.91 Å². The lowest BCUT2D eigenvalue weighted by atomic mass is 10.1. The van der Waals surface area contributed by atoms with E-state index >= 15 is 0 Å². The Morgan fingerprint density at radius 2 is 1.83 bits per heavy atom. The molecular formula is C21H18N4O4. The van der Waals surface area contributed by atoms with Crippen molar-refractivity contribution in [1.82, 2.24) is 10.2 Å². The number of aromatic amines is 1. The monoisotopic (exact) mass is 390 g/mol. The van der Waals surface area contributed by atoms with E-state index in [0.29, 0.717) is 17.1 Å². The van der Waals surface area contributed by atoms with Crippen molar-refractivity contribution < 1.29 is 19.1 Å². The second-order valence-corrected chi connectivity index (χ2v) is 6.56. The number of nitrogens with one attached hydrogen (secondary N) is 2. The van der Waals surface area contributed by atoms with Gasteiger partial charge in [0, 0.05) is 5.56 Å². The van der Waals surface area contributed by atoms with E-state index in [4.69, 9.17) is 4.74 Å². The lowest BCUT2D eigenvalue weighted by Gasteiger charge is -2.30. The molecule has 29 heavy (non-hydrogen) atoms. The van der Waals surface area contributed by atoms with Gasteiger partial charge >= 0.3 is 5.97 Å². The first-order chi connectivity index (χ1) is 14.0. The van der Waals surface area contributed by atoms with Crippen molar-refractivity contribution in [1.29, 1.82) is 0 Å². The van der Waals surface area contributed by atoms with Gasteiger partial charge in [-0.05, 0) is 19.1 Å². The maximum absolute atomic E-state index is 12.9. The van der Waals surface area contributed by atoms with Gasteiger partial charge < -0.3 is 10.1 Å². The van der Waals surface area contributed by atoms with Crippen LogP contribution in [0.1, 0.15) is 17.3 Å². The Balaban J connectivity index is 1.53. The summed E-state index contributed by atoms with van der Waals surface area (Å²) in [7, 11) is 0. The first-order valence-corrected chi connectivity index (χ1v) is 9.04. The van der Waals surface area contributed by atoms with E-state index in [-0.39, 0.29) is 18.0 Å². The Kier molecular flexibility index (Phi) is 4.82. The zero-order valence-corrected chi connectivity index (χ0v) is 15.6. The lowest BCUT2D eigenvalue weighted by Crippen LogP contribution is -2.47. The van der Waals surface area contributed by atoms with Gasteiger partial charge in [-0.1, -0.05) is 42.5 Å². The first-order valence-electron chi connectivity index (χ1n) is 9.04. The summed E-state index contributed by atoms with van der Waals surface area (Å²) in [5.74, 6) is -1.46. The van der Waals surface area contributed by atoms with Gasteiger partial charge in [0.05, 0.1) is 23.3 Å². The summed E-state index contributed by atoms with van der Waals surface area (Å²) >= 11 is 0. The minimum atomic E-state index is -1.08. The van der Waals surface area contributed by atoms with Crippen LogP contribution in [0.2, 0.25) is 0 Å². The summed E-state index contributed by atoms with van der Waals surface area (Å²) in [6.07, 6.45) is 0.283. The average Bonchev–Trinajstić information content (AvgIpc) is 3.23. The lowest BCUT2D eigenvalue weighted by molar-refractivity contribution is -0.128. The van der Waals surface area contributed by atoms with Crippen LogP contribution in [-0.2, 0) is 14.3 Å². The predicted molar refractivity (Wildman–Crippen MR) is 106 cm³/mol. The number of esters is 1. The van der Waals surface area contributed by atoms with Gasteiger partial charge in [-0.2, -0.15) is 5.10 Å². The topological polar surface area (TPSA) is 104 Å². The molecule has 8 heteroatoms. The molecule has 2 amide bonds. The number of fused-ring (bicyclic) bond motifs is 1. The van der Waals surface area contributed by atoms with E-state index in [0.717, 1.165) is 5.56 Å². The number of para-hydroxylation sites is 2. The largest absolute Gasteiger partial charge is 0.449 e. The van der Waals surface area contributed by atoms with Gasteiger partial charge in [0.25, 0.3) is 5.91 Å². The van der Waals surface area contributed by atoms with E-state index in [1.807, 2.05) is 30.3 Å². The smallest absolute Gasteiger partial charge is 0.342 e. The number of carbonyl (C=O) groups excluding carboxylic acids is 3. The van der Waals surface area contributed by atoms with Crippen molar-refractivity contribution in [3.8, 4) is 11.3 Å². The number of hydrogen-bond donors (Lipinski definition) is 2. The number of amides is 2. The fraction of sp³-hybridized carbons (Fsp3) is 0.143. The Bertz CT molecular complexity index is 1080. The summed E-state index contributed by atoms with van der Waals surface area (Å²) < 4.78 is 5.40. The van der Waals surface area contributed by atoms with Crippen LogP contribution in [0.3, 0.4) is 0 Å². The standard InChI is InChI=1S/C21H18N4O4/c1-13(20(27)25-12-18(26)23-16-9-5-6-10-17(16)25)29-21(28)15-11-22-24-19(15)14-7-3-2-4-8-14/h2-11,13H,12H2,1H3,(H,22,24)(H,23,26)/t13-/m0/s1. The molecule has 2 N–H and O–H groups in total. The van der Waals surface area contributed by atoms with Crippen LogP contribution in [0.15, 0.2) is 60.8 Å². The van der Waals surface area contributed by atoms with Crippen LogP contribution in [-0.4, -0.2) is 40.6 Å². The summed E-state index contributed by atoms with van der Waals surface area (Å²) in [6, 6.07) is 16.2. The van der Waals surface area contributed by atoms with Gasteiger partial charge in [-0.15, -0.1) is 0 Å². The highest BCUT2D eigenvalue weighted by Crippen LogP contribution is 2.30. The van der Waals surface area contributed by atoms with Crippen LogP contribution in [0.25, 0.3) is 11.3 Å². The quantitative estimate of drug-likeness (QED) is 0.667. The molecule has 0 radical (unpaired) electrons. The Morgan fingerprint density at radius 3 is 2.62 bits per heavy atom. The van der Waals surface area contributed by atoms with E-state index < -0.39 is 18.0 Å². The molecule has 0 bridgehead atoms. The molecule has 1 atom stereocenters. The highest BCUT2D eigenvalue weighted by atomic mass is 16.5. The second kappa shape index (κ2) is 7.59. The number of anilines is 2. The van der Waals surface area contributed by atoms with Crippen molar-refractivity contribution in [3.05, 3.63) is 66.4 Å². The summed E-state index contributed by atoms with van der Waals surface area (Å²) in [6.45, 7) is 1.34. The fourth-order valence-electron chi connectivity index (χ4n) is 3.19. The number of ether oxygens (including phenoxy) is 1. The number of carbonyl (C=O) groups is 3. The highest BCUT2D eigenvalue weighted by Gasteiger charge is 2.32.